The van der Waals surface area contributed by atoms with E-state index >= 15 is 0 Å². The Balaban J connectivity index is 1.95. The molecule has 21 heavy (non-hydrogen) atoms. The van der Waals surface area contributed by atoms with Crippen LogP contribution >= 0.6 is 0 Å². The number of ether oxygens (including phenoxy) is 2. The molecule has 1 atom stereocenters. The van der Waals surface area contributed by atoms with E-state index in [2.05, 4.69) is 4.98 Å². The van der Waals surface area contributed by atoms with Gasteiger partial charge in [0.25, 0.3) is 6.43 Å². The second-order valence-corrected chi connectivity index (χ2v) is 4.93. The number of nitrogens with zero attached hydrogens (tertiary/aromatic N) is 2. The lowest BCUT2D eigenvalue weighted by molar-refractivity contribution is -0.0881. The third-order valence-electron chi connectivity index (χ3n) is 3.41. The summed E-state index contributed by atoms with van der Waals surface area (Å²) < 4.78 is 51.1. The van der Waals surface area contributed by atoms with Crippen molar-refractivity contribution in [1.82, 2.24) is 9.55 Å². The SMILES string of the molecule is Fc1ccc2nc(CC3COCCO3)n(CC(F)F)c2c1. The van der Waals surface area contributed by atoms with Crippen molar-refractivity contribution in [3.8, 4) is 0 Å². The smallest absolute Gasteiger partial charge is 0.256 e. The average Bonchev–Trinajstić information content (AvgIpc) is 2.77. The standard InChI is InChI=1S/C14H15F3N2O2/c15-9-1-2-11-12(5-9)19(7-13(16)17)14(18-11)6-10-8-20-3-4-21-10/h1-2,5,10,13H,3-4,6-8H2. The first-order chi connectivity index (χ1) is 10.1. The molecule has 0 N–H and O–H groups in total. The summed E-state index contributed by atoms with van der Waals surface area (Å²) in [6, 6.07) is 3.99. The zero-order chi connectivity index (χ0) is 14.8. The highest BCUT2D eigenvalue weighted by atomic mass is 19.3. The third-order valence-corrected chi connectivity index (χ3v) is 3.41. The summed E-state index contributed by atoms with van der Waals surface area (Å²) in [5.41, 5.74) is 0.880. The molecule has 2 aromatic rings. The second-order valence-electron chi connectivity index (χ2n) is 4.93. The van der Waals surface area contributed by atoms with Crippen LogP contribution in [-0.2, 0) is 22.4 Å². The summed E-state index contributed by atoms with van der Waals surface area (Å²) in [6.45, 7) is 0.915. The highest BCUT2D eigenvalue weighted by Gasteiger charge is 2.21. The van der Waals surface area contributed by atoms with Gasteiger partial charge in [0.05, 0.1) is 43.5 Å². The van der Waals surface area contributed by atoms with E-state index in [-0.39, 0.29) is 6.10 Å². The van der Waals surface area contributed by atoms with Gasteiger partial charge in [-0.15, -0.1) is 0 Å². The summed E-state index contributed by atoms with van der Waals surface area (Å²) in [4.78, 5) is 4.33. The quantitative estimate of drug-likeness (QED) is 0.870. The molecule has 1 unspecified atom stereocenters. The lowest BCUT2D eigenvalue weighted by Crippen LogP contribution is -2.31. The number of alkyl halides is 2. The molecule has 1 aromatic heterocycles. The van der Waals surface area contributed by atoms with Gasteiger partial charge in [-0.2, -0.15) is 0 Å². The summed E-state index contributed by atoms with van der Waals surface area (Å²) in [5, 5.41) is 0. The highest BCUT2D eigenvalue weighted by Crippen LogP contribution is 2.21. The van der Waals surface area contributed by atoms with Crippen LogP contribution in [0.3, 0.4) is 0 Å². The number of rotatable bonds is 4. The van der Waals surface area contributed by atoms with Crippen LogP contribution in [0, 0.1) is 5.82 Å². The Morgan fingerprint density at radius 2 is 2.19 bits per heavy atom. The maximum absolute atomic E-state index is 13.3. The zero-order valence-electron chi connectivity index (χ0n) is 11.3. The van der Waals surface area contributed by atoms with Gasteiger partial charge >= 0.3 is 0 Å². The van der Waals surface area contributed by atoms with Crippen molar-refractivity contribution in [2.45, 2.75) is 25.5 Å². The summed E-state index contributed by atoms with van der Waals surface area (Å²) >= 11 is 0. The fourth-order valence-electron chi connectivity index (χ4n) is 2.50. The number of fused-ring (bicyclic) bond motifs is 1. The van der Waals surface area contributed by atoms with Crippen LogP contribution in [-0.4, -0.2) is 41.9 Å². The molecule has 1 aromatic carbocycles. The molecule has 0 bridgehead atoms. The Labute approximate surface area is 119 Å². The molecule has 4 nitrogen and oxygen atoms in total. The van der Waals surface area contributed by atoms with Gasteiger partial charge in [-0.25, -0.2) is 18.2 Å². The molecule has 1 aliphatic heterocycles. The van der Waals surface area contributed by atoms with Crippen molar-refractivity contribution < 1.29 is 22.6 Å². The fourth-order valence-corrected chi connectivity index (χ4v) is 2.50. The predicted molar refractivity (Wildman–Crippen MR) is 70.0 cm³/mol. The van der Waals surface area contributed by atoms with Crippen molar-refractivity contribution in [1.29, 1.82) is 0 Å². The lowest BCUT2D eigenvalue weighted by Gasteiger charge is -2.22. The first-order valence-corrected chi connectivity index (χ1v) is 6.75. The van der Waals surface area contributed by atoms with Crippen LogP contribution in [0.2, 0.25) is 0 Å². The van der Waals surface area contributed by atoms with E-state index in [4.69, 9.17) is 9.47 Å². The number of hydrogen-bond acceptors (Lipinski definition) is 3. The Hall–Kier alpha value is -1.60. The molecular formula is C14H15F3N2O2. The van der Waals surface area contributed by atoms with Crippen LogP contribution < -0.4 is 0 Å². The summed E-state index contributed by atoms with van der Waals surface area (Å²) in [7, 11) is 0. The minimum atomic E-state index is -2.53. The molecule has 0 spiro atoms. The van der Waals surface area contributed by atoms with Crippen molar-refractivity contribution in [2.75, 3.05) is 19.8 Å². The van der Waals surface area contributed by atoms with Crippen molar-refractivity contribution in [3.63, 3.8) is 0 Å². The van der Waals surface area contributed by atoms with Gasteiger partial charge in [0.1, 0.15) is 11.6 Å². The zero-order valence-corrected chi connectivity index (χ0v) is 11.3. The van der Waals surface area contributed by atoms with Crippen molar-refractivity contribution >= 4 is 11.0 Å². The minimum absolute atomic E-state index is 0.211. The number of benzene rings is 1. The first-order valence-electron chi connectivity index (χ1n) is 6.75. The summed E-state index contributed by atoms with van der Waals surface area (Å²) in [6.07, 6.45) is -2.38. The van der Waals surface area contributed by atoms with Gasteiger partial charge < -0.3 is 14.0 Å². The van der Waals surface area contributed by atoms with Crippen molar-refractivity contribution in [3.05, 3.63) is 29.8 Å². The molecule has 0 saturated carbocycles. The molecule has 1 saturated heterocycles. The maximum Gasteiger partial charge on any atom is 0.256 e. The Kier molecular flexibility index (Phi) is 4.12. The topological polar surface area (TPSA) is 36.3 Å². The van der Waals surface area contributed by atoms with Gasteiger partial charge in [0, 0.05) is 6.42 Å². The molecule has 0 amide bonds. The molecular weight excluding hydrogens is 285 g/mol. The van der Waals surface area contributed by atoms with E-state index in [0.717, 1.165) is 0 Å². The third kappa shape index (κ3) is 3.19. The number of aromatic nitrogens is 2. The maximum atomic E-state index is 13.3. The van der Waals surface area contributed by atoms with Gasteiger partial charge in [-0.3, -0.25) is 0 Å². The lowest BCUT2D eigenvalue weighted by atomic mass is 10.2. The number of hydrogen-bond donors (Lipinski definition) is 0. The average molecular weight is 300 g/mol. The van der Waals surface area contributed by atoms with Gasteiger partial charge in [0.15, 0.2) is 0 Å². The molecule has 7 heteroatoms. The van der Waals surface area contributed by atoms with Gasteiger partial charge in [-0.1, -0.05) is 0 Å². The molecule has 0 aliphatic carbocycles. The Bertz CT molecular complexity index is 624. The Morgan fingerprint density at radius 3 is 2.90 bits per heavy atom. The van der Waals surface area contributed by atoms with E-state index in [1.807, 2.05) is 0 Å². The number of imidazole rings is 1. The van der Waals surface area contributed by atoms with Gasteiger partial charge in [-0.05, 0) is 18.2 Å². The largest absolute Gasteiger partial charge is 0.376 e. The first kappa shape index (κ1) is 14.3. The second kappa shape index (κ2) is 6.03. The van der Waals surface area contributed by atoms with E-state index in [1.54, 1.807) is 0 Å². The van der Waals surface area contributed by atoms with Crippen LogP contribution in [0.4, 0.5) is 13.2 Å². The van der Waals surface area contributed by atoms with Crippen LogP contribution in [0.15, 0.2) is 18.2 Å². The Morgan fingerprint density at radius 1 is 1.33 bits per heavy atom. The van der Waals surface area contributed by atoms with Gasteiger partial charge in [0.2, 0.25) is 0 Å². The van der Waals surface area contributed by atoms with E-state index in [9.17, 15) is 13.2 Å². The number of halogens is 3. The van der Waals surface area contributed by atoms with Crippen LogP contribution in [0.1, 0.15) is 5.82 Å². The minimum Gasteiger partial charge on any atom is -0.376 e. The van der Waals surface area contributed by atoms with Crippen molar-refractivity contribution in [2.24, 2.45) is 0 Å². The molecule has 1 fully saturated rings. The van der Waals surface area contributed by atoms with E-state index in [0.29, 0.717) is 43.1 Å². The highest BCUT2D eigenvalue weighted by molar-refractivity contribution is 5.76. The predicted octanol–water partition coefficient (Wildman–Crippen LogP) is 2.40. The normalized spacial score (nSPS) is 19.5. The fraction of sp³-hybridized carbons (Fsp3) is 0.500. The molecule has 0 radical (unpaired) electrons. The molecule has 3 rings (SSSR count). The molecule has 114 valence electrons. The summed E-state index contributed by atoms with van der Waals surface area (Å²) in [5.74, 6) is -0.00637. The van der Waals surface area contributed by atoms with E-state index < -0.39 is 18.8 Å². The molecule has 2 heterocycles. The van der Waals surface area contributed by atoms with Crippen LogP contribution in [0.25, 0.3) is 11.0 Å². The van der Waals surface area contributed by atoms with E-state index in [1.165, 1.54) is 22.8 Å². The molecule has 1 aliphatic rings. The monoisotopic (exact) mass is 300 g/mol. The van der Waals surface area contributed by atoms with Crippen LogP contribution in [0.5, 0.6) is 0 Å².